The summed E-state index contributed by atoms with van der Waals surface area (Å²) in [6.07, 6.45) is 3.54. The van der Waals surface area contributed by atoms with Gasteiger partial charge in [-0.25, -0.2) is 15.0 Å². The van der Waals surface area contributed by atoms with Crippen LogP contribution in [0.5, 0.6) is 0 Å². The predicted molar refractivity (Wildman–Crippen MR) is 89.9 cm³/mol. The summed E-state index contributed by atoms with van der Waals surface area (Å²) in [6.45, 7) is 7.08. The molecule has 1 aliphatic heterocycles. The second kappa shape index (κ2) is 7.47. The van der Waals surface area contributed by atoms with Crippen LogP contribution in [0.15, 0.2) is 24.0 Å². The Kier molecular flexibility index (Phi) is 5.14. The van der Waals surface area contributed by atoms with Gasteiger partial charge in [-0.1, -0.05) is 0 Å². The van der Waals surface area contributed by atoms with Gasteiger partial charge in [0.05, 0.1) is 11.2 Å². The quantitative estimate of drug-likeness (QED) is 0.873. The number of nitrogens with one attached hydrogen (secondary N) is 1. The van der Waals surface area contributed by atoms with Crippen LogP contribution in [0.2, 0.25) is 0 Å². The molecule has 0 radical (unpaired) electrons. The molecule has 0 atom stereocenters. The number of hydrogen-bond donors (Lipinski definition) is 1. The Labute approximate surface area is 139 Å². The minimum absolute atomic E-state index is 0.0266. The second-order valence-electron chi connectivity index (χ2n) is 5.40. The fourth-order valence-corrected chi connectivity index (χ4v) is 3.27. The Morgan fingerprint density at radius 1 is 1.22 bits per heavy atom. The van der Waals surface area contributed by atoms with Gasteiger partial charge in [0, 0.05) is 51.7 Å². The molecular weight excluding hydrogens is 312 g/mol. The van der Waals surface area contributed by atoms with Crippen molar-refractivity contribution in [2.45, 2.75) is 6.92 Å². The van der Waals surface area contributed by atoms with Crippen molar-refractivity contribution < 1.29 is 4.79 Å². The highest BCUT2D eigenvalue weighted by atomic mass is 32.1. The molecule has 7 nitrogen and oxygen atoms in total. The highest BCUT2D eigenvalue weighted by Gasteiger charge is 2.18. The maximum absolute atomic E-state index is 12.0. The first-order valence-corrected chi connectivity index (χ1v) is 8.54. The number of aryl methyl sites for hydroxylation is 1. The smallest absolute Gasteiger partial charge is 0.263 e. The van der Waals surface area contributed by atoms with Crippen LogP contribution in [0.1, 0.15) is 15.4 Å². The van der Waals surface area contributed by atoms with E-state index in [1.54, 1.807) is 17.9 Å². The zero-order chi connectivity index (χ0) is 16.1. The number of rotatable bonds is 5. The van der Waals surface area contributed by atoms with Crippen LogP contribution in [0.3, 0.4) is 0 Å². The molecule has 1 fully saturated rings. The average Bonchev–Trinajstić information content (AvgIpc) is 3.02. The SMILES string of the molecule is Cc1ncsc1C(=O)NCCN1CCN(c2ncccn2)CC1. The van der Waals surface area contributed by atoms with Gasteiger partial charge < -0.3 is 10.2 Å². The van der Waals surface area contributed by atoms with Gasteiger partial charge in [0.2, 0.25) is 5.95 Å². The van der Waals surface area contributed by atoms with E-state index in [1.807, 2.05) is 13.0 Å². The summed E-state index contributed by atoms with van der Waals surface area (Å²) in [5.41, 5.74) is 2.50. The molecule has 0 aliphatic carbocycles. The number of hydrogen-bond acceptors (Lipinski definition) is 7. The highest BCUT2D eigenvalue weighted by molar-refractivity contribution is 7.11. The lowest BCUT2D eigenvalue weighted by molar-refractivity contribution is 0.0951. The fraction of sp³-hybridized carbons (Fsp3) is 0.467. The Morgan fingerprint density at radius 2 is 1.96 bits per heavy atom. The second-order valence-corrected chi connectivity index (χ2v) is 6.26. The van der Waals surface area contributed by atoms with E-state index >= 15 is 0 Å². The normalized spacial score (nSPS) is 15.6. The van der Waals surface area contributed by atoms with E-state index in [9.17, 15) is 4.79 Å². The van der Waals surface area contributed by atoms with Gasteiger partial charge in [-0.05, 0) is 13.0 Å². The van der Waals surface area contributed by atoms with Crippen molar-refractivity contribution in [2.24, 2.45) is 0 Å². The number of nitrogens with zero attached hydrogens (tertiary/aromatic N) is 5. The summed E-state index contributed by atoms with van der Waals surface area (Å²) >= 11 is 1.38. The molecule has 0 unspecified atom stereocenters. The van der Waals surface area contributed by atoms with Crippen LogP contribution in [-0.2, 0) is 0 Å². The number of amides is 1. The van der Waals surface area contributed by atoms with E-state index in [0.29, 0.717) is 11.4 Å². The van der Waals surface area contributed by atoms with Gasteiger partial charge in [0.15, 0.2) is 0 Å². The maximum Gasteiger partial charge on any atom is 0.263 e. The Morgan fingerprint density at radius 3 is 2.61 bits per heavy atom. The lowest BCUT2D eigenvalue weighted by Crippen LogP contribution is -2.49. The zero-order valence-corrected chi connectivity index (χ0v) is 13.9. The van der Waals surface area contributed by atoms with Crippen molar-refractivity contribution in [1.29, 1.82) is 0 Å². The molecule has 1 aliphatic rings. The third-order valence-corrected chi connectivity index (χ3v) is 4.80. The molecule has 0 bridgehead atoms. The van der Waals surface area contributed by atoms with Crippen molar-refractivity contribution in [2.75, 3.05) is 44.2 Å². The first kappa shape index (κ1) is 15.8. The number of thiazole rings is 1. The van der Waals surface area contributed by atoms with Crippen LogP contribution in [-0.4, -0.2) is 65.0 Å². The standard InChI is InChI=1S/C15H20N6OS/c1-12-13(23-11-19-12)14(22)16-5-6-20-7-9-21(10-8-20)15-17-3-2-4-18-15/h2-4,11H,5-10H2,1H3,(H,16,22). The van der Waals surface area contributed by atoms with E-state index in [0.717, 1.165) is 44.4 Å². The minimum Gasteiger partial charge on any atom is -0.350 e. The number of anilines is 1. The number of carbonyl (C=O) groups excluding carboxylic acids is 1. The van der Waals surface area contributed by atoms with Gasteiger partial charge in [0.1, 0.15) is 4.88 Å². The summed E-state index contributed by atoms with van der Waals surface area (Å²) in [4.78, 5) is 29.9. The van der Waals surface area contributed by atoms with Gasteiger partial charge in [-0.3, -0.25) is 9.69 Å². The predicted octanol–water partition coefficient (Wildman–Crippen LogP) is 0.794. The highest BCUT2D eigenvalue weighted by Crippen LogP contribution is 2.12. The van der Waals surface area contributed by atoms with E-state index in [4.69, 9.17) is 0 Å². The van der Waals surface area contributed by atoms with E-state index in [-0.39, 0.29) is 5.91 Å². The van der Waals surface area contributed by atoms with Crippen LogP contribution in [0, 0.1) is 6.92 Å². The van der Waals surface area contributed by atoms with Gasteiger partial charge in [0.25, 0.3) is 5.91 Å². The van der Waals surface area contributed by atoms with Crippen LogP contribution < -0.4 is 10.2 Å². The van der Waals surface area contributed by atoms with Gasteiger partial charge in [-0.2, -0.15) is 0 Å². The minimum atomic E-state index is -0.0266. The van der Waals surface area contributed by atoms with Crippen molar-refractivity contribution in [3.8, 4) is 0 Å². The van der Waals surface area contributed by atoms with Crippen molar-refractivity contribution in [3.05, 3.63) is 34.5 Å². The molecule has 2 aromatic rings. The lowest BCUT2D eigenvalue weighted by atomic mass is 10.3. The van der Waals surface area contributed by atoms with Crippen molar-refractivity contribution in [3.63, 3.8) is 0 Å². The first-order valence-electron chi connectivity index (χ1n) is 7.66. The average molecular weight is 332 g/mol. The topological polar surface area (TPSA) is 74.2 Å². The largest absolute Gasteiger partial charge is 0.350 e. The van der Waals surface area contributed by atoms with Gasteiger partial charge >= 0.3 is 0 Å². The van der Waals surface area contributed by atoms with Gasteiger partial charge in [-0.15, -0.1) is 11.3 Å². The summed E-state index contributed by atoms with van der Waals surface area (Å²) in [5, 5.41) is 2.97. The molecule has 122 valence electrons. The lowest BCUT2D eigenvalue weighted by Gasteiger charge is -2.34. The van der Waals surface area contributed by atoms with Crippen LogP contribution in [0.4, 0.5) is 5.95 Å². The van der Waals surface area contributed by atoms with Crippen molar-refractivity contribution >= 4 is 23.2 Å². The molecule has 3 rings (SSSR count). The molecule has 8 heteroatoms. The fourth-order valence-electron chi connectivity index (χ4n) is 2.55. The number of aromatic nitrogens is 3. The van der Waals surface area contributed by atoms with E-state index in [2.05, 4.69) is 30.1 Å². The molecule has 2 aromatic heterocycles. The number of piperazine rings is 1. The Balaban J connectivity index is 1.40. The van der Waals surface area contributed by atoms with E-state index in [1.165, 1.54) is 11.3 Å². The molecular formula is C15H20N6OS. The molecule has 0 aromatic carbocycles. The van der Waals surface area contributed by atoms with E-state index < -0.39 is 0 Å². The van der Waals surface area contributed by atoms with Crippen molar-refractivity contribution in [1.82, 2.24) is 25.2 Å². The maximum atomic E-state index is 12.0. The number of carbonyl (C=O) groups is 1. The summed E-state index contributed by atoms with van der Waals surface area (Å²) in [6, 6.07) is 1.83. The monoisotopic (exact) mass is 332 g/mol. The summed E-state index contributed by atoms with van der Waals surface area (Å²) < 4.78 is 0. The summed E-state index contributed by atoms with van der Waals surface area (Å²) in [5.74, 6) is 0.766. The zero-order valence-electron chi connectivity index (χ0n) is 13.1. The molecule has 1 amide bonds. The Hall–Kier alpha value is -2.06. The first-order chi connectivity index (χ1) is 11.2. The third-order valence-electron chi connectivity index (χ3n) is 3.87. The molecule has 1 saturated heterocycles. The molecule has 1 N–H and O–H groups in total. The molecule has 23 heavy (non-hydrogen) atoms. The van der Waals surface area contributed by atoms with Crippen LogP contribution >= 0.6 is 11.3 Å². The Bertz CT molecular complexity index is 638. The molecule has 0 spiro atoms. The van der Waals surface area contributed by atoms with Crippen LogP contribution in [0.25, 0.3) is 0 Å². The summed E-state index contributed by atoms with van der Waals surface area (Å²) in [7, 11) is 0. The third kappa shape index (κ3) is 4.02. The molecule has 0 saturated carbocycles. The molecule has 3 heterocycles.